The van der Waals surface area contributed by atoms with Gasteiger partial charge in [-0.2, -0.15) is 0 Å². The van der Waals surface area contributed by atoms with Crippen molar-refractivity contribution in [2.75, 3.05) is 0 Å². The molecule has 0 atom stereocenters. The molecule has 4 aromatic rings. The van der Waals surface area contributed by atoms with Gasteiger partial charge in [0, 0.05) is 11.6 Å². The minimum absolute atomic E-state index is 0.0125. The summed E-state index contributed by atoms with van der Waals surface area (Å²) >= 11 is 0. The maximum atomic E-state index is 14.4. The van der Waals surface area contributed by atoms with Gasteiger partial charge in [-0.15, -0.1) is 0 Å². The molecular formula is C20H9F5. The zero-order valence-electron chi connectivity index (χ0n) is 12.6. The lowest BCUT2D eigenvalue weighted by Crippen LogP contribution is -2.00. The number of hydrogen-bond donors (Lipinski definition) is 0. The van der Waals surface area contributed by atoms with Gasteiger partial charge in [-0.05, 0) is 39.7 Å². The van der Waals surface area contributed by atoms with Gasteiger partial charge in [-0.25, -0.2) is 22.0 Å². The number of rotatable bonds is 1. The van der Waals surface area contributed by atoms with E-state index in [2.05, 4.69) is 0 Å². The molecule has 4 aromatic carbocycles. The molecule has 0 aliphatic heterocycles. The maximum absolute atomic E-state index is 14.4. The van der Waals surface area contributed by atoms with Crippen LogP contribution in [0.2, 0.25) is 0 Å². The third kappa shape index (κ3) is 2.35. The average Bonchev–Trinajstić information content (AvgIpc) is 2.59. The van der Waals surface area contributed by atoms with Gasteiger partial charge in [-0.3, -0.25) is 0 Å². The van der Waals surface area contributed by atoms with Gasteiger partial charge < -0.3 is 0 Å². The maximum Gasteiger partial charge on any atom is 0.169 e. The summed E-state index contributed by atoms with van der Waals surface area (Å²) in [5.74, 6) is -6.48. The molecule has 0 radical (unpaired) electrons. The molecule has 0 aliphatic rings. The Bertz CT molecular complexity index is 1120. The van der Waals surface area contributed by atoms with Crippen molar-refractivity contribution in [3.8, 4) is 11.1 Å². The van der Waals surface area contributed by atoms with Crippen LogP contribution in [0, 0.1) is 29.1 Å². The minimum Gasteiger partial charge on any atom is -0.207 e. The molecule has 25 heavy (non-hydrogen) atoms. The van der Waals surface area contributed by atoms with E-state index in [0.717, 1.165) is 6.07 Å². The molecule has 0 heterocycles. The Kier molecular flexibility index (Phi) is 3.46. The Balaban J connectivity index is 2.28. The van der Waals surface area contributed by atoms with Crippen molar-refractivity contribution >= 4 is 21.5 Å². The van der Waals surface area contributed by atoms with Crippen LogP contribution in [0.25, 0.3) is 32.7 Å². The highest BCUT2D eigenvalue weighted by Gasteiger charge is 2.23. The first kappa shape index (κ1) is 15.6. The van der Waals surface area contributed by atoms with Crippen molar-refractivity contribution in [1.82, 2.24) is 0 Å². The lowest BCUT2D eigenvalue weighted by Gasteiger charge is -2.14. The summed E-state index contributed by atoms with van der Waals surface area (Å²) < 4.78 is 69.9. The summed E-state index contributed by atoms with van der Waals surface area (Å²) in [6.45, 7) is 0. The summed E-state index contributed by atoms with van der Waals surface area (Å²) in [4.78, 5) is 0. The molecule has 0 amide bonds. The first-order valence-corrected chi connectivity index (χ1v) is 7.41. The van der Waals surface area contributed by atoms with Gasteiger partial charge in [0.25, 0.3) is 0 Å². The van der Waals surface area contributed by atoms with E-state index in [4.69, 9.17) is 0 Å². The van der Waals surface area contributed by atoms with E-state index in [0.29, 0.717) is 21.5 Å². The monoisotopic (exact) mass is 344 g/mol. The van der Waals surface area contributed by atoms with Crippen LogP contribution < -0.4 is 0 Å². The molecule has 0 saturated carbocycles. The fourth-order valence-corrected chi connectivity index (χ4v) is 3.11. The second-order valence-corrected chi connectivity index (χ2v) is 5.68. The van der Waals surface area contributed by atoms with Gasteiger partial charge in [0.2, 0.25) is 0 Å². The summed E-state index contributed by atoms with van der Waals surface area (Å²) in [5.41, 5.74) is -0.813. The van der Waals surface area contributed by atoms with Crippen molar-refractivity contribution in [2.45, 2.75) is 0 Å². The molecule has 0 fully saturated rings. The normalized spacial score (nSPS) is 11.4. The summed E-state index contributed by atoms with van der Waals surface area (Å²) in [5, 5.41) is 1.64. The average molecular weight is 344 g/mol. The number of benzene rings is 4. The molecule has 124 valence electrons. The Morgan fingerprint density at radius 1 is 0.520 bits per heavy atom. The van der Waals surface area contributed by atoms with Crippen molar-refractivity contribution in [3.63, 3.8) is 0 Å². The van der Waals surface area contributed by atoms with E-state index >= 15 is 0 Å². The second kappa shape index (κ2) is 5.55. The molecule has 0 nitrogen and oxygen atoms in total. The first-order chi connectivity index (χ1) is 12.0. The Morgan fingerprint density at radius 3 is 1.88 bits per heavy atom. The van der Waals surface area contributed by atoms with Crippen LogP contribution in [0.15, 0.2) is 54.6 Å². The molecular weight excluding hydrogens is 335 g/mol. The summed E-state index contributed by atoms with van der Waals surface area (Å²) in [6.07, 6.45) is 0. The smallest absolute Gasteiger partial charge is 0.169 e. The third-order valence-corrected chi connectivity index (χ3v) is 4.19. The molecule has 0 aromatic heterocycles. The highest BCUT2D eigenvalue weighted by molar-refractivity contribution is 6.12. The van der Waals surface area contributed by atoms with Crippen LogP contribution in [0.5, 0.6) is 0 Å². The van der Waals surface area contributed by atoms with Gasteiger partial charge in [0.05, 0.1) is 5.56 Å². The molecule has 0 unspecified atom stereocenters. The predicted octanol–water partition coefficient (Wildman–Crippen LogP) is 6.36. The van der Waals surface area contributed by atoms with Crippen molar-refractivity contribution in [3.05, 3.63) is 83.7 Å². The SMILES string of the molecule is Fc1ccc2c(-c3c(F)c(F)cc(F)c3F)c3ccccc3cc2c1. The van der Waals surface area contributed by atoms with Crippen LogP contribution in [0.1, 0.15) is 0 Å². The van der Waals surface area contributed by atoms with Crippen LogP contribution in [0.3, 0.4) is 0 Å². The van der Waals surface area contributed by atoms with E-state index in [1.807, 2.05) is 0 Å². The van der Waals surface area contributed by atoms with Gasteiger partial charge >= 0.3 is 0 Å². The number of halogens is 5. The molecule has 0 spiro atoms. The second-order valence-electron chi connectivity index (χ2n) is 5.68. The largest absolute Gasteiger partial charge is 0.207 e. The molecule has 4 rings (SSSR count). The number of fused-ring (bicyclic) bond motifs is 2. The molecule has 0 aliphatic carbocycles. The quantitative estimate of drug-likeness (QED) is 0.214. The van der Waals surface area contributed by atoms with E-state index < -0.39 is 34.6 Å². The predicted molar refractivity (Wildman–Crippen MR) is 86.7 cm³/mol. The molecule has 0 N–H and O–H groups in total. The van der Waals surface area contributed by atoms with E-state index in [-0.39, 0.29) is 11.6 Å². The molecule has 5 heteroatoms. The summed E-state index contributed by atoms with van der Waals surface area (Å²) in [7, 11) is 0. The summed E-state index contributed by atoms with van der Waals surface area (Å²) in [6, 6.07) is 12.1. The van der Waals surface area contributed by atoms with Crippen molar-refractivity contribution in [2.24, 2.45) is 0 Å². The van der Waals surface area contributed by atoms with E-state index in [1.54, 1.807) is 30.3 Å². The highest BCUT2D eigenvalue weighted by Crippen LogP contribution is 2.40. The fraction of sp³-hybridized carbons (Fsp3) is 0. The van der Waals surface area contributed by atoms with Crippen molar-refractivity contribution < 1.29 is 22.0 Å². The van der Waals surface area contributed by atoms with Crippen molar-refractivity contribution in [1.29, 1.82) is 0 Å². The lowest BCUT2D eigenvalue weighted by atomic mass is 9.91. The van der Waals surface area contributed by atoms with Crippen LogP contribution in [-0.4, -0.2) is 0 Å². The van der Waals surface area contributed by atoms with Crippen LogP contribution in [0.4, 0.5) is 22.0 Å². The van der Waals surface area contributed by atoms with E-state index in [1.165, 1.54) is 12.1 Å². The van der Waals surface area contributed by atoms with Gasteiger partial charge in [0.15, 0.2) is 23.3 Å². The van der Waals surface area contributed by atoms with Crippen LogP contribution in [-0.2, 0) is 0 Å². The fourth-order valence-electron chi connectivity index (χ4n) is 3.11. The topological polar surface area (TPSA) is 0 Å². The Hall–Kier alpha value is -2.95. The third-order valence-electron chi connectivity index (χ3n) is 4.19. The lowest BCUT2D eigenvalue weighted by molar-refractivity contribution is 0.458. The number of hydrogen-bond acceptors (Lipinski definition) is 0. The minimum atomic E-state index is -1.49. The zero-order chi connectivity index (χ0) is 17.7. The van der Waals surface area contributed by atoms with Gasteiger partial charge in [-0.1, -0.05) is 30.3 Å². The van der Waals surface area contributed by atoms with Crippen LogP contribution >= 0.6 is 0 Å². The standard InChI is InChI=1S/C20H9F5/c21-12-5-6-14-11(8-12)7-10-3-1-2-4-13(10)17(14)18-19(24)15(22)9-16(23)20(18)25/h1-9H. The molecule has 0 bridgehead atoms. The van der Waals surface area contributed by atoms with E-state index in [9.17, 15) is 22.0 Å². The zero-order valence-corrected chi connectivity index (χ0v) is 12.6. The highest BCUT2D eigenvalue weighted by atomic mass is 19.2. The Labute approximate surface area is 139 Å². The Morgan fingerprint density at radius 2 is 1.16 bits per heavy atom. The first-order valence-electron chi connectivity index (χ1n) is 7.41. The molecule has 0 saturated heterocycles. The van der Waals surface area contributed by atoms with Gasteiger partial charge in [0.1, 0.15) is 5.82 Å².